The second kappa shape index (κ2) is 7.03. The zero-order chi connectivity index (χ0) is 17.1. The topological polar surface area (TPSA) is 68.5 Å². The molecule has 1 aliphatic rings. The predicted molar refractivity (Wildman–Crippen MR) is 88.9 cm³/mol. The number of hydrogen-bond donors (Lipinski definition) is 0. The molecular formula is C18H23N3O3. The van der Waals surface area contributed by atoms with E-state index in [2.05, 4.69) is 22.3 Å². The van der Waals surface area contributed by atoms with Crippen LogP contribution in [0, 0.1) is 13.8 Å². The first-order valence-corrected chi connectivity index (χ1v) is 8.29. The molecule has 0 radical (unpaired) electrons. The van der Waals surface area contributed by atoms with E-state index < -0.39 is 0 Å². The predicted octanol–water partition coefficient (Wildman–Crippen LogP) is 2.47. The van der Waals surface area contributed by atoms with Crippen LogP contribution in [-0.2, 0) is 17.6 Å². The van der Waals surface area contributed by atoms with Crippen molar-refractivity contribution >= 4 is 5.91 Å². The highest BCUT2D eigenvalue weighted by Gasteiger charge is 2.29. The Balaban J connectivity index is 1.66. The Bertz CT molecular complexity index is 726. The lowest BCUT2D eigenvalue weighted by Crippen LogP contribution is -2.38. The number of carbonyl (C=O) groups excluding carboxylic acids is 1. The third-order valence-corrected chi connectivity index (χ3v) is 4.51. The van der Waals surface area contributed by atoms with Gasteiger partial charge in [-0.25, -0.2) is 0 Å². The van der Waals surface area contributed by atoms with Crippen molar-refractivity contribution in [1.82, 2.24) is 15.0 Å². The zero-order valence-electron chi connectivity index (χ0n) is 14.4. The Morgan fingerprint density at radius 2 is 2.25 bits per heavy atom. The summed E-state index contributed by atoms with van der Waals surface area (Å²) in [5.41, 5.74) is 2.35. The number of hydrogen-bond acceptors (Lipinski definition) is 5. The van der Waals surface area contributed by atoms with E-state index in [0.717, 1.165) is 37.1 Å². The van der Waals surface area contributed by atoms with E-state index in [9.17, 15) is 4.79 Å². The lowest BCUT2D eigenvalue weighted by atomic mass is 10.0. The lowest BCUT2D eigenvalue weighted by molar-refractivity contribution is -0.131. The lowest BCUT2D eigenvalue weighted by Gasteiger charge is -2.24. The van der Waals surface area contributed by atoms with Gasteiger partial charge < -0.3 is 14.2 Å². The van der Waals surface area contributed by atoms with Crippen LogP contribution in [0.5, 0.6) is 5.75 Å². The summed E-state index contributed by atoms with van der Waals surface area (Å²) in [5.74, 6) is 1.92. The normalized spacial score (nSPS) is 17.3. The van der Waals surface area contributed by atoms with Gasteiger partial charge in [0.05, 0.1) is 13.5 Å². The van der Waals surface area contributed by atoms with Crippen LogP contribution < -0.4 is 4.74 Å². The number of nitrogens with zero attached hydrogens (tertiary/aromatic N) is 3. The van der Waals surface area contributed by atoms with Crippen molar-refractivity contribution in [3.8, 4) is 5.75 Å². The van der Waals surface area contributed by atoms with Gasteiger partial charge in [-0.1, -0.05) is 17.3 Å². The van der Waals surface area contributed by atoms with E-state index in [1.54, 1.807) is 14.0 Å². The number of rotatable bonds is 5. The monoisotopic (exact) mass is 329 g/mol. The quantitative estimate of drug-likeness (QED) is 0.843. The number of aryl methyl sites for hydroxylation is 2. The highest BCUT2D eigenvalue weighted by Crippen LogP contribution is 2.25. The molecule has 1 aromatic carbocycles. The minimum absolute atomic E-state index is 0.0727. The number of likely N-dealkylation sites (tertiary alicyclic amines) is 1. The van der Waals surface area contributed by atoms with E-state index in [1.165, 1.54) is 5.56 Å². The van der Waals surface area contributed by atoms with Crippen molar-refractivity contribution in [2.45, 2.75) is 45.6 Å². The Morgan fingerprint density at radius 1 is 1.42 bits per heavy atom. The molecule has 1 amide bonds. The molecular weight excluding hydrogens is 306 g/mol. The average molecular weight is 329 g/mol. The van der Waals surface area contributed by atoms with Gasteiger partial charge in [0.15, 0.2) is 5.82 Å². The molecule has 1 saturated heterocycles. The smallest absolute Gasteiger partial charge is 0.230 e. The minimum atomic E-state index is 0.0727. The molecule has 0 N–H and O–H groups in total. The fourth-order valence-electron chi connectivity index (χ4n) is 3.37. The number of carbonyl (C=O) groups is 1. The molecule has 0 bridgehead atoms. The second-order valence-corrected chi connectivity index (χ2v) is 6.30. The molecule has 6 nitrogen and oxygen atoms in total. The molecule has 3 rings (SSSR count). The maximum absolute atomic E-state index is 12.6. The Hall–Kier alpha value is -2.37. The van der Waals surface area contributed by atoms with Gasteiger partial charge in [-0.05, 0) is 43.4 Å². The molecule has 1 aliphatic heterocycles. The molecule has 24 heavy (non-hydrogen) atoms. The Morgan fingerprint density at radius 3 is 2.92 bits per heavy atom. The molecule has 1 unspecified atom stereocenters. The highest BCUT2D eigenvalue weighted by atomic mass is 16.5. The van der Waals surface area contributed by atoms with Gasteiger partial charge >= 0.3 is 0 Å². The van der Waals surface area contributed by atoms with Crippen molar-refractivity contribution in [1.29, 1.82) is 0 Å². The fraction of sp³-hybridized carbons (Fsp3) is 0.500. The molecule has 0 saturated carbocycles. The van der Waals surface area contributed by atoms with Crippen molar-refractivity contribution in [2.24, 2.45) is 0 Å². The summed E-state index contributed by atoms with van der Waals surface area (Å²) in [6.07, 6.45) is 3.14. The van der Waals surface area contributed by atoms with Gasteiger partial charge in [-0.3, -0.25) is 4.79 Å². The first kappa shape index (κ1) is 16.5. The SMILES string of the molecule is COc1ccc(CC2CCCN2C(=O)Cc2noc(C)n2)cc1C. The Labute approximate surface area is 141 Å². The minimum Gasteiger partial charge on any atom is -0.496 e. The van der Waals surface area contributed by atoms with Gasteiger partial charge in [0, 0.05) is 19.5 Å². The maximum atomic E-state index is 12.6. The largest absolute Gasteiger partial charge is 0.496 e. The van der Waals surface area contributed by atoms with Crippen LogP contribution in [0.1, 0.15) is 35.7 Å². The fourth-order valence-corrected chi connectivity index (χ4v) is 3.37. The first-order valence-electron chi connectivity index (χ1n) is 8.29. The second-order valence-electron chi connectivity index (χ2n) is 6.30. The third-order valence-electron chi connectivity index (χ3n) is 4.51. The molecule has 1 aromatic heterocycles. The Kier molecular flexibility index (Phi) is 4.83. The molecule has 1 atom stereocenters. The third kappa shape index (κ3) is 3.58. The van der Waals surface area contributed by atoms with E-state index >= 15 is 0 Å². The summed E-state index contributed by atoms with van der Waals surface area (Å²) in [4.78, 5) is 18.7. The van der Waals surface area contributed by atoms with Crippen LogP contribution >= 0.6 is 0 Å². The number of aromatic nitrogens is 2. The summed E-state index contributed by atoms with van der Waals surface area (Å²) >= 11 is 0. The van der Waals surface area contributed by atoms with E-state index in [4.69, 9.17) is 9.26 Å². The van der Waals surface area contributed by atoms with Crippen LogP contribution in [0.15, 0.2) is 22.7 Å². The first-order chi connectivity index (χ1) is 11.6. The summed E-state index contributed by atoms with van der Waals surface area (Å²) < 4.78 is 10.3. The van der Waals surface area contributed by atoms with E-state index in [1.807, 2.05) is 17.9 Å². The molecule has 0 spiro atoms. The van der Waals surface area contributed by atoms with Crippen molar-refractivity contribution in [2.75, 3.05) is 13.7 Å². The van der Waals surface area contributed by atoms with Gasteiger partial charge in [-0.2, -0.15) is 4.98 Å². The van der Waals surface area contributed by atoms with Gasteiger partial charge in [0.25, 0.3) is 0 Å². The van der Waals surface area contributed by atoms with E-state index in [0.29, 0.717) is 11.7 Å². The van der Waals surface area contributed by atoms with Gasteiger partial charge in [-0.15, -0.1) is 0 Å². The van der Waals surface area contributed by atoms with E-state index in [-0.39, 0.29) is 18.4 Å². The van der Waals surface area contributed by atoms with Gasteiger partial charge in [0.2, 0.25) is 11.8 Å². The van der Waals surface area contributed by atoms with Crippen LogP contribution in [0.25, 0.3) is 0 Å². The average Bonchev–Trinajstić information content (AvgIpc) is 3.16. The molecule has 128 valence electrons. The van der Waals surface area contributed by atoms with Crippen LogP contribution in [0.3, 0.4) is 0 Å². The van der Waals surface area contributed by atoms with Crippen molar-refractivity contribution < 1.29 is 14.1 Å². The molecule has 0 aliphatic carbocycles. The van der Waals surface area contributed by atoms with Crippen molar-refractivity contribution in [3.05, 3.63) is 41.0 Å². The zero-order valence-corrected chi connectivity index (χ0v) is 14.4. The molecule has 2 heterocycles. The van der Waals surface area contributed by atoms with Crippen molar-refractivity contribution in [3.63, 3.8) is 0 Å². The number of methoxy groups -OCH3 is 1. The number of benzene rings is 1. The van der Waals surface area contributed by atoms with Crippen LogP contribution in [0.4, 0.5) is 0 Å². The maximum Gasteiger partial charge on any atom is 0.230 e. The number of ether oxygens (including phenoxy) is 1. The van der Waals surface area contributed by atoms with Crippen LogP contribution in [-0.4, -0.2) is 40.6 Å². The molecule has 2 aromatic rings. The summed E-state index contributed by atoms with van der Waals surface area (Å²) in [5, 5.41) is 3.82. The standard InChI is InChI=1S/C18H23N3O3/c1-12-9-14(6-7-16(12)23-3)10-15-5-4-8-21(15)18(22)11-17-19-13(2)24-20-17/h6-7,9,15H,4-5,8,10-11H2,1-3H3. The number of amides is 1. The summed E-state index contributed by atoms with van der Waals surface area (Å²) in [6, 6.07) is 6.45. The van der Waals surface area contributed by atoms with Crippen LogP contribution in [0.2, 0.25) is 0 Å². The summed E-state index contributed by atoms with van der Waals surface area (Å²) in [7, 11) is 1.68. The highest BCUT2D eigenvalue weighted by molar-refractivity contribution is 5.78. The molecule has 1 fully saturated rings. The summed E-state index contributed by atoms with van der Waals surface area (Å²) in [6.45, 7) is 4.57. The molecule has 6 heteroatoms. The van der Waals surface area contributed by atoms with Gasteiger partial charge in [0.1, 0.15) is 5.75 Å².